The Morgan fingerprint density at radius 3 is 2.20 bits per heavy atom. The van der Waals surface area contributed by atoms with Gasteiger partial charge in [-0.05, 0) is 35.4 Å². The van der Waals surface area contributed by atoms with Crippen LogP contribution >= 0.6 is 23.2 Å². The molecule has 1 aromatic heterocycles. The summed E-state index contributed by atoms with van der Waals surface area (Å²) in [6.45, 7) is 0.0373. The lowest BCUT2D eigenvalue weighted by Crippen LogP contribution is -2.13. The van der Waals surface area contributed by atoms with E-state index in [1.165, 1.54) is 24.3 Å². The number of nitrogens with one attached hydrogen (secondary N) is 1. The van der Waals surface area contributed by atoms with E-state index in [1.807, 2.05) is 6.07 Å². The first-order valence-corrected chi connectivity index (χ1v) is 10.8. The minimum Gasteiger partial charge on any atom is -0.483 e. The molecule has 1 heterocycles. The predicted molar refractivity (Wildman–Crippen MR) is 123 cm³/mol. The Bertz CT molecular complexity index is 1370. The fraction of sp³-hybridized carbons (Fsp3) is 0.0833. The number of nitrogens with zero attached hydrogens (tertiary/aromatic N) is 2. The monoisotopic (exact) mass is 523 g/mol. The van der Waals surface area contributed by atoms with Crippen LogP contribution in [0.25, 0.3) is 0 Å². The maximum absolute atomic E-state index is 13.7. The van der Waals surface area contributed by atoms with Crippen LogP contribution < -0.4 is 10.1 Å². The Morgan fingerprint density at radius 2 is 1.54 bits per heavy atom. The summed E-state index contributed by atoms with van der Waals surface area (Å²) in [4.78, 5) is 12.5. The maximum atomic E-state index is 13.7. The molecule has 1 N–H and O–H groups in total. The van der Waals surface area contributed by atoms with Gasteiger partial charge in [-0.3, -0.25) is 9.48 Å². The van der Waals surface area contributed by atoms with Gasteiger partial charge in [-0.1, -0.05) is 41.4 Å². The van der Waals surface area contributed by atoms with Gasteiger partial charge in [-0.2, -0.15) is 13.9 Å². The molecule has 4 rings (SSSR count). The Kier molecular flexibility index (Phi) is 7.28. The molecule has 0 bridgehead atoms. The molecule has 0 fully saturated rings. The van der Waals surface area contributed by atoms with Crippen molar-refractivity contribution in [1.29, 1.82) is 0 Å². The summed E-state index contributed by atoms with van der Waals surface area (Å²) < 4.78 is 60.5. The summed E-state index contributed by atoms with van der Waals surface area (Å²) in [6, 6.07) is 12.8. The standard InChI is InChI=1S/C24H15Cl2F4N3O2/c25-16-6-3-14(9-17(16)26)11-33-8-7-20(32-33)31-24(34)15-4-1-13(2-5-15)12-35-23-21(29)18(27)10-19(28)22(23)30/h1-10H,11-12H2,(H,31,32,34). The number of halogens is 6. The van der Waals surface area contributed by atoms with E-state index in [9.17, 15) is 22.4 Å². The summed E-state index contributed by atoms with van der Waals surface area (Å²) in [5.74, 6) is -7.66. The summed E-state index contributed by atoms with van der Waals surface area (Å²) in [7, 11) is 0. The molecule has 11 heteroatoms. The molecule has 4 aromatic rings. The normalized spacial score (nSPS) is 10.9. The van der Waals surface area contributed by atoms with Crippen molar-refractivity contribution in [2.45, 2.75) is 13.2 Å². The third kappa shape index (κ3) is 5.75. The number of aromatic nitrogens is 2. The molecule has 0 saturated carbocycles. The first-order valence-electron chi connectivity index (χ1n) is 10.0. The highest BCUT2D eigenvalue weighted by molar-refractivity contribution is 6.42. The van der Waals surface area contributed by atoms with Gasteiger partial charge in [0, 0.05) is 23.9 Å². The first kappa shape index (κ1) is 24.6. The van der Waals surface area contributed by atoms with Gasteiger partial charge in [0.1, 0.15) is 6.61 Å². The number of carbonyl (C=O) groups excluding carboxylic acids is 1. The number of benzene rings is 3. The van der Waals surface area contributed by atoms with E-state index in [-0.39, 0.29) is 18.2 Å². The maximum Gasteiger partial charge on any atom is 0.256 e. The lowest BCUT2D eigenvalue weighted by atomic mass is 10.1. The summed E-state index contributed by atoms with van der Waals surface area (Å²) in [6.07, 6.45) is 1.69. The van der Waals surface area contributed by atoms with Crippen molar-refractivity contribution in [3.8, 4) is 5.75 Å². The Hall–Kier alpha value is -3.56. The second-order valence-electron chi connectivity index (χ2n) is 7.38. The third-order valence-corrected chi connectivity index (χ3v) is 5.62. The number of amides is 1. The highest BCUT2D eigenvalue weighted by Gasteiger charge is 2.20. The van der Waals surface area contributed by atoms with Crippen molar-refractivity contribution < 1.29 is 27.1 Å². The second-order valence-corrected chi connectivity index (χ2v) is 8.20. The van der Waals surface area contributed by atoms with E-state index in [1.54, 1.807) is 29.1 Å². The van der Waals surface area contributed by atoms with Crippen LogP contribution in [0.4, 0.5) is 23.4 Å². The highest BCUT2D eigenvalue weighted by atomic mass is 35.5. The first-order chi connectivity index (χ1) is 16.7. The lowest BCUT2D eigenvalue weighted by Gasteiger charge is -2.10. The Morgan fingerprint density at radius 1 is 0.886 bits per heavy atom. The van der Waals surface area contributed by atoms with Crippen molar-refractivity contribution in [2.75, 3.05) is 5.32 Å². The van der Waals surface area contributed by atoms with Crippen molar-refractivity contribution >= 4 is 34.9 Å². The van der Waals surface area contributed by atoms with Gasteiger partial charge < -0.3 is 10.1 Å². The van der Waals surface area contributed by atoms with Gasteiger partial charge in [0.05, 0.1) is 16.6 Å². The molecular formula is C24H15Cl2F4N3O2. The molecule has 0 aliphatic rings. The lowest BCUT2D eigenvalue weighted by molar-refractivity contribution is 0.102. The van der Waals surface area contributed by atoms with Crippen LogP contribution in [-0.2, 0) is 13.2 Å². The van der Waals surface area contributed by atoms with Gasteiger partial charge in [0.2, 0.25) is 11.6 Å². The van der Waals surface area contributed by atoms with Gasteiger partial charge in [-0.15, -0.1) is 0 Å². The molecule has 5 nitrogen and oxygen atoms in total. The van der Waals surface area contributed by atoms with Crippen LogP contribution in [0.1, 0.15) is 21.5 Å². The molecule has 35 heavy (non-hydrogen) atoms. The minimum atomic E-state index is -1.63. The van der Waals surface area contributed by atoms with Crippen LogP contribution in [0.15, 0.2) is 60.8 Å². The predicted octanol–water partition coefficient (Wildman–Crippen LogP) is 6.63. The van der Waals surface area contributed by atoms with Gasteiger partial charge in [0.25, 0.3) is 5.91 Å². The number of rotatable bonds is 7. The zero-order valence-corrected chi connectivity index (χ0v) is 19.2. The molecule has 0 radical (unpaired) electrons. The topological polar surface area (TPSA) is 56.2 Å². The van der Waals surface area contributed by atoms with Crippen molar-refractivity contribution in [2.24, 2.45) is 0 Å². The number of hydrogen-bond acceptors (Lipinski definition) is 3. The largest absolute Gasteiger partial charge is 0.483 e. The molecule has 0 aliphatic heterocycles. The molecule has 180 valence electrons. The Labute approximate surface area is 206 Å². The SMILES string of the molecule is O=C(Nc1ccn(Cc2ccc(Cl)c(Cl)c2)n1)c1ccc(COc2c(F)c(F)cc(F)c2F)cc1. The molecule has 1 amide bonds. The fourth-order valence-electron chi connectivity index (χ4n) is 3.12. The highest BCUT2D eigenvalue weighted by Crippen LogP contribution is 2.27. The molecule has 0 spiro atoms. The molecule has 0 unspecified atom stereocenters. The summed E-state index contributed by atoms with van der Waals surface area (Å²) in [5, 5.41) is 7.82. The molecule has 0 atom stereocenters. The average Bonchev–Trinajstić information content (AvgIpc) is 3.27. The van der Waals surface area contributed by atoms with Gasteiger partial charge in [0.15, 0.2) is 23.2 Å². The third-order valence-electron chi connectivity index (χ3n) is 4.88. The zero-order chi connectivity index (χ0) is 25.1. The summed E-state index contributed by atoms with van der Waals surface area (Å²) >= 11 is 11.9. The smallest absolute Gasteiger partial charge is 0.256 e. The van der Waals surface area contributed by atoms with Crippen LogP contribution in [0.2, 0.25) is 10.0 Å². The fourth-order valence-corrected chi connectivity index (χ4v) is 3.44. The number of ether oxygens (including phenoxy) is 1. The van der Waals surface area contributed by atoms with E-state index in [0.717, 1.165) is 5.56 Å². The van der Waals surface area contributed by atoms with Crippen LogP contribution in [0.5, 0.6) is 5.75 Å². The van der Waals surface area contributed by atoms with E-state index in [0.29, 0.717) is 28.0 Å². The molecule has 0 saturated heterocycles. The van der Waals surface area contributed by atoms with Crippen molar-refractivity contribution in [3.05, 3.63) is 111 Å². The molecule has 0 aliphatic carbocycles. The van der Waals surface area contributed by atoms with Crippen LogP contribution in [-0.4, -0.2) is 15.7 Å². The van der Waals surface area contributed by atoms with E-state index < -0.39 is 34.9 Å². The number of hydrogen-bond donors (Lipinski definition) is 1. The van der Waals surface area contributed by atoms with Crippen LogP contribution in [0.3, 0.4) is 0 Å². The Balaban J connectivity index is 1.36. The molecular weight excluding hydrogens is 509 g/mol. The average molecular weight is 524 g/mol. The van der Waals surface area contributed by atoms with Crippen LogP contribution in [0, 0.1) is 23.3 Å². The number of anilines is 1. The van der Waals surface area contributed by atoms with E-state index >= 15 is 0 Å². The zero-order valence-electron chi connectivity index (χ0n) is 17.7. The van der Waals surface area contributed by atoms with Crippen molar-refractivity contribution in [3.63, 3.8) is 0 Å². The minimum absolute atomic E-state index is 0.0985. The quantitative estimate of drug-likeness (QED) is 0.218. The molecule has 3 aromatic carbocycles. The second kappa shape index (κ2) is 10.4. The van der Waals surface area contributed by atoms with Crippen molar-refractivity contribution in [1.82, 2.24) is 9.78 Å². The summed E-state index contributed by atoms with van der Waals surface area (Å²) in [5.41, 5.74) is 1.57. The van der Waals surface area contributed by atoms with Gasteiger partial charge in [-0.25, -0.2) is 8.78 Å². The van der Waals surface area contributed by atoms with E-state index in [2.05, 4.69) is 10.4 Å². The van der Waals surface area contributed by atoms with Gasteiger partial charge >= 0.3 is 0 Å². The van der Waals surface area contributed by atoms with E-state index in [4.69, 9.17) is 27.9 Å². The number of carbonyl (C=O) groups is 1.